The van der Waals surface area contributed by atoms with Crippen molar-refractivity contribution >= 4 is 11.3 Å². The molecule has 1 heterocycles. The van der Waals surface area contributed by atoms with Crippen molar-refractivity contribution in [2.75, 3.05) is 13.1 Å². The fourth-order valence-electron chi connectivity index (χ4n) is 1.82. The van der Waals surface area contributed by atoms with Crippen LogP contribution in [0.1, 0.15) is 22.3 Å². The Kier molecular flexibility index (Phi) is 4.87. The zero-order valence-corrected chi connectivity index (χ0v) is 11.4. The van der Waals surface area contributed by atoms with Gasteiger partial charge in [-0.1, -0.05) is 30.3 Å². The Morgan fingerprint density at radius 3 is 2.78 bits per heavy atom. The molecule has 2 aromatic rings. The molecule has 0 radical (unpaired) electrons. The molecule has 0 saturated heterocycles. The molecule has 1 aromatic heterocycles. The maximum absolute atomic E-state index is 6.10. The monoisotopic (exact) mass is 261 g/mol. The molecule has 1 atom stereocenters. The predicted molar refractivity (Wildman–Crippen MR) is 76.8 cm³/mol. The molecular formula is C14H19N3S. The molecule has 1 unspecified atom stereocenters. The third-order valence-electron chi connectivity index (χ3n) is 2.82. The summed E-state index contributed by atoms with van der Waals surface area (Å²) in [7, 11) is 0. The van der Waals surface area contributed by atoms with Crippen molar-refractivity contribution in [2.24, 2.45) is 5.73 Å². The fourth-order valence-corrected chi connectivity index (χ4v) is 2.46. The van der Waals surface area contributed by atoms with Crippen molar-refractivity contribution in [3.8, 4) is 0 Å². The van der Waals surface area contributed by atoms with Gasteiger partial charge in [-0.2, -0.15) is 0 Å². The van der Waals surface area contributed by atoms with E-state index in [0.29, 0.717) is 0 Å². The smallest absolute Gasteiger partial charge is 0.0897 e. The van der Waals surface area contributed by atoms with Crippen LogP contribution in [0.5, 0.6) is 0 Å². The maximum Gasteiger partial charge on any atom is 0.0897 e. The molecule has 0 saturated carbocycles. The van der Waals surface area contributed by atoms with E-state index in [1.54, 1.807) is 11.3 Å². The number of rotatable bonds is 6. The number of hydrogen-bond acceptors (Lipinski definition) is 4. The summed E-state index contributed by atoms with van der Waals surface area (Å²) >= 11 is 1.70. The Balaban J connectivity index is 1.69. The van der Waals surface area contributed by atoms with Gasteiger partial charge >= 0.3 is 0 Å². The first-order valence-electron chi connectivity index (χ1n) is 6.18. The van der Waals surface area contributed by atoms with Crippen LogP contribution in [0.25, 0.3) is 0 Å². The van der Waals surface area contributed by atoms with Gasteiger partial charge in [-0.3, -0.25) is 0 Å². The number of benzene rings is 1. The van der Waals surface area contributed by atoms with Crippen LogP contribution in [0.3, 0.4) is 0 Å². The molecule has 0 aliphatic rings. The van der Waals surface area contributed by atoms with E-state index in [1.807, 2.05) is 25.1 Å². The van der Waals surface area contributed by atoms with Gasteiger partial charge in [-0.15, -0.1) is 11.3 Å². The van der Waals surface area contributed by atoms with Crippen molar-refractivity contribution in [3.05, 3.63) is 52.0 Å². The topological polar surface area (TPSA) is 50.9 Å². The minimum atomic E-state index is 0.0587. The third kappa shape index (κ3) is 3.91. The molecule has 3 nitrogen and oxygen atoms in total. The van der Waals surface area contributed by atoms with Gasteiger partial charge in [0.25, 0.3) is 0 Å². The van der Waals surface area contributed by atoms with Crippen molar-refractivity contribution in [1.82, 2.24) is 10.3 Å². The number of nitrogens with two attached hydrogens (primary N) is 1. The first kappa shape index (κ1) is 13.2. The van der Waals surface area contributed by atoms with Gasteiger partial charge in [0.15, 0.2) is 0 Å². The van der Waals surface area contributed by atoms with Gasteiger partial charge in [0.1, 0.15) is 0 Å². The van der Waals surface area contributed by atoms with Crippen LogP contribution in [0, 0.1) is 6.92 Å². The first-order valence-corrected chi connectivity index (χ1v) is 7.06. The average molecular weight is 261 g/mol. The number of hydrogen-bond donors (Lipinski definition) is 2. The summed E-state index contributed by atoms with van der Waals surface area (Å²) in [6.45, 7) is 3.75. The van der Waals surface area contributed by atoms with E-state index in [-0.39, 0.29) is 6.04 Å². The van der Waals surface area contributed by atoms with Crippen LogP contribution in [-0.4, -0.2) is 18.1 Å². The van der Waals surface area contributed by atoms with Crippen LogP contribution >= 0.6 is 11.3 Å². The summed E-state index contributed by atoms with van der Waals surface area (Å²) in [6, 6.07) is 10.2. The molecule has 96 valence electrons. The molecule has 0 amide bonds. The summed E-state index contributed by atoms with van der Waals surface area (Å²) in [5, 5.41) is 6.63. The highest BCUT2D eigenvalue weighted by molar-refractivity contribution is 7.09. The SMILES string of the molecule is Cc1nc(CCNCC(N)c2ccccc2)cs1. The van der Waals surface area contributed by atoms with E-state index in [2.05, 4.69) is 27.8 Å². The zero-order valence-electron chi connectivity index (χ0n) is 10.6. The summed E-state index contributed by atoms with van der Waals surface area (Å²) in [4.78, 5) is 4.43. The van der Waals surface area contributed by atoms with Crippen LogP contribution in [-0.2, 0) is 6.42 Å². The molecular weight excluding hydrogens is 242 g/mol. The molecule has 0 fully saturated rings. The minimum absolute atomic E-state index is 0.0587. The minimum Gasteiger partial charge on any atom is -0.323 e. The van der Waals surface area contributed by atoms with Gasteiger partial charge in [0, 0.05) is 30.9 Å². The number of thiazole rings is 1. The molecule has 0 aliphatic heterocycles. The lowest BCUT2D eigenvalue weighted by atomic mass is 10.1. The lowest BCUT2D eigenvalue weighted by Gasteiger charge is -2.12. The van der Waals surface area contributed by atoms with Gasteiger partial charge in [-0.25, -0.2) is 4.98 Å². The van der Waals surface area contributed by atoms with Gasteiger partial charge in [0.2, 0.25) is 0 Å². The van der Waals surface area contributed by atoms with Gasteiger partial charge < -0.3 is 11.1 Å². The van der Waals surface area contributed by atoms with Crippen molar-refractivity contribution < 1.29 is 0 Å². The van der Waals surface area contributed by atoms with E-state index in [1.165, 1.54) is 11.3 Å². The molecule has 1 aromatic carbocycles. The number of aromatic nitrogens is 1. The second-order valence-electron chi connectivity index (χ2n) is 4.33. The second kappa shape index (κ2) is 6.64. The second-order valence-corrected chi connectivity index (χ2v) is 5.39. The molecule has 0 spiro atoms. The number of aryl methyl sites for hydroxylation is 1. The molecule has 3 N–H and O–H groups in total. The highest BCUT2D eigenvalue weighted by atomic mass is 32.1. The summed E-state index contributed by atoms with van der Waals surface area (Å²) in [5.41, 5.74) is 8.44. The van der Waals surface area contributed by atoms with E-state index >= 15 is 0 Å². The Bertz CT molecular complexity index is 467. The van der Waals surface area contributed by atoms with E-state index in [4.69, 9.17) is 5.73 Å². The van der Waals surface area contributed by atoms with Gasteiger partial charge in [0.05, 0.1) is 10.7 Å². The predicted octanol–water partition coefficient (Wildman–Crippen LogP) is 2.28. The Labute approximate surface area is 112 Å². The van der Waals surface area contributed by atoms with E-state index < -0.39 is 0 Å². The highest BCUT2D eigenvalue weighted by Gasteiger charge is 2.04. The Hall–Kier alpha value is -1.23. The van der Waals surface area contributed by atoms with Crippen LogP contribution in [0.4, 0.5) is 0 Å². The molecule has 0 bridgehead atoms. The zero-order chi connectivity index (χ0) is 12.8. The molecule has 2 rings (SSSR count). The third-order valence-corrected chi connectivity index (χ3v) is 3.64. The number of nitrogens with zero attached hydrogens (tertiary/aromatic N) is 1. The van der Waals surface area contributed by atoms with Crippen molar-refractivity contribution in [1.29, 1.82) is 0 Å². The lowest BCUT2D eigenvalue weighted by Crippen LogP contribution is -2.28. The van der Waals surface area contributed by atoms with Crippen LogP contribution in [0.2, 0.25) is 0 Å². The van der Waals surface area contributed by atoms with E-state index in [0.717, 1.165) is 24.5 Å². The quantitative estimate of drug-likeness (QED) is 0.784. The molecule has 18 heavy (non-hydrogen) atoms. The molecule has 4 heteroatoms. The Morgan fingerprint density at radius 2 is 2.11 bits per heavy atom. The summed E-state index contributed by atoms with van der Waals surface area (Å²) in [5.74, 6) is 0. The average Bonchev–Trinajstić information content (AvgIpc) is 2.81. The Morgan fingerprint density at radius 1 is 1.33 bits per heavy atom. The van der Waals surface area contributed by atoms with Crippen molar-refractivity contribution in [2.45, 2.75) is 19.4 Å². The largest absolute Gasteiger partial charge is 0.323 e. The molecule has 0 aliphatic carbocycles. The lowest BCUT2D eigenvalue weighted by molar-refractivity contribution is 0.596. The first-order chi connectivity index (χ1) is 8.75. The number of nitrogens with one attached hydrogen (secondary N) is 1. The normalized spacial score (nSPS) is 12.6. The van der Waals surface area contributed by atoms with Crippen LogP contribution in [0.15, 0.2) is 35.7 Å². The standard InChI is InChI=1S/C14H19N3S/c1-11-17-13(10-18-11)7-8-16-9-14(15)12-5-3-2-4-6-12/h2-6,10,14,16H,7-9,15H2,1H3. The highest BCUT2D eigenvalue weighted by Crippen LogP contribution is 2.09. The van der Waals surface area contributed by atoms with E-state index in [9.17, 15) is 0 Å². The fraction of sp³-hybridized carbons (Fsp3) is 0.357. The van der Waals surface area contributed by atoms with Gasteiger partial charge in [-0.05, 0) is 12.5 Å². The van der Waals surface area contributed by atoms with Crippen LogP contribution < -0.4 is 11.1 Å². The van der Waals surface area contributed by atoms with Crippen molar-refractivity contribution in [3.63, 3.8) is 0 Å². The maximum atomic E-state index is 6.10. The summed E-state index contributed by atoms with van der Waals surface area (Å²) in [6.07, 6.45) is 0.964. The summed E-state index contributed by atoms with van der Waals surface area (Å²) < 4.78 is 0.